The molecule has 246 valence electrons. The molecule has 0 aliphatic carbocycles. The van der Waals surface area contributed by atoms with Crippen molar-refractivity contribution in [2.75, 3.05) is 92.5 Å². The van der Waals surface area contributed by atoms with Gasteiger partial charge in [0.1, 0.15) is 0 Å². The van der Waals surface area contributed by atoms with Crippen LogP contribution < -0.4 is 0 Å². The van der Waals surface area contributed by atoms with Crippen LogP contribution in [0.4, 0.5) is 0 Å². The summed E-state index contributed by atoms with van der Waals surface area (Å²) in [5.74, 6) is 0. The van der Waals surface area contributed by atoms with E-state index in [1.807, 2.05) is 0 Å². The van der Waals surface area contributed by atoms with Crippen LogP contribution >= 0.6 is 0 Å². The molecule has 1 heterocycles. The van der Waals surface area contributed by atoms with Crippen molar-refractivity contribution in [3.8, 4) is 0 Å². The fourth-order valence-corrected chi connectivity index (χ4v) is 4.68. The van der Waals surface area contributed by atoms with Crippen molar-refractivity contribution in [2.45, 2.75) is 122 Å². The van der Waals surface area contributed by atoms with Gasteiger partial charge < -0.3 is 37.9 Å². The molecule has 1 atom stereocenters. The first-order valence-corrected chi connectivity index (χ1v) is 17.1. The van der Waals surface area contributed by atoms with Crippen LogP contribution in [0.2, 0.25) is 0 Å². The molecule has 0 spiro atoms. The van der Waals surface area contributed by atoms with Gasteiger partial charge in [-0.25, -0.2) is 0 Å². The molecular weight excluding hydrogens is 524 g/mol. The second-order valence-electron chi connectivity index (χ2n) is 10.9. The molecule has 1 fully saturated rings. The fraction of sp³-hybridized carbons (Fsp3) is 1.00. The van der Waals surface area contributed by atoms with E-state index in [4.69, 9.17) is 37.9 Å². The van der Waals surface area contributed by atoms with Crippen molar-refractivity contribution in [2.24, 2.45) is 0 Å². The Bertz CT molecular complexity index is 476. The minimum atomic E-state index is -0.0507. The van der Waals surface area contributed by atoms with E-state index in [1.165, 1.54) is 89.9 Å². The fourth-order valence-electron chi connectivity index (χ4n) is 4.68. The average Bonchev–Trinajstić information content (AvgIpc) is 3.00. The smallest absolute Gasteiger partial charge is 0.157 e. The number of ether oxygens (including phenoxy) is 8. The summed E-state index contributed by atoms with van der Waals surface area (Å²) in [6.45, 7) is 10.9. The van der Waals surface area contributed by atoms with E-state index in [-0.39, 0.29) is 6.29 Å². The molecule has 0 N–H and O–H groups in total. The van der Waals surface area contributed by atoms with Crippen molar-refractivity contribution in [3.63, 3.8) is 0 Å². The van der Waals surface area contributed by atoms with Crippen LogP contribution in [-0.2, 0) is 37.9 Å². The van der Waals surface area contributed by atoms with Crippen LogP contribution in [0.25, 0.3) is 0 Å². The van der Waals surface area contributed by atoms with Crippen LogP contribution in [-0.4, -0.2) is 98.8 Å². The van der Waals surface area contributed by atoms with Gasteiger partial charge in [-0.1, -0.05) is 90.4 Å². The van der Waals surface area contributed by atoms with Crippen molar-refractivity contribution in [1.29, 1.82) is 0 Å². The number of unbranched alkanes of at least 4 members (excludes halogenated alkanes) is 13. The maximum absolute atomic E-state index is 5.67. The highest BCUT2D eigenvalue weighted by Crippen LogP contribution is 2.14. The Balaban J connectivity index is 1.60. The van der Waals surface area contributed by atoms with Gasteiger partial charge in [0.05, 0.1) is 79.3 Å². The van der Waals surface area contributed by atoms with Gasteiger partial charge in [-0.2, -0.15) is 0 Å². The Morgan fingerprint density at radius 2 is 0.780 bits per heavy atom. The highest BCUT2D eigenvalue weighted by molar-refractivity contribution is 4.54. The second kappa shape index (κ2) is 34.2. The van der Waals surface area contributed by atoms with Gasteiger partial charge in [0.2, 0.25) is 0 Å². The van der Waals surface area contributed by atoms with Gasteiger partial charge in [-0.05, 0) is 25.7 Å². The normalized spacial score (nSPS) is 15.6. The zero-order chi connectivity index (χ0) is 29.2. The standard InChI is InChI=1S/C33H66O8/c1-2-3-4-5-6-7-8-9-10-11-12-13-14-16-19-34-21-22-35-23-24-36-25-26-37-27-28-38-29-30-39-31-32-41-33-18-15-17-20-40-33/h33H,2-32H2,1H3. The van der Waals surface area contributed by atoms with E-state index >= 15 is 0 Å². The topological polar surface area (TPSA) is 73.8 Å². The molecule has 0 radical (unpaired) electrons. The van der Waals surface area contributed by atoms with E-state index < -0.39 is 0 Å². The lowest BCUT2D eigenvalue weighted by atomic mass is 10.0. The molecule has 0 aromatic heterocycles. The van der Waals surface area contributed by atoms with Crippen LogP contribution in [0.3, 0.4) is 0 Å². The third-order valence-corrected chi connectivity index (χ3v) is 7.17. The first-order valence-electron chi connectivity index (χ1n) is 17.1. The lowest BCUT2D eigenvalue weighted by Crippen LogP contribution is -2.24. The van der Waals surface area contributed by atoms with Crippen molar-refractivity contribution >= 4 is 0 Å². The molecule has 0 bridgehead atoms. The largest absolute Gasteiger partial charge is 0.379 e. The first kappa shape index (κ1) is 38.7. The van der Waals surface area contributed by atoms with Gasteiger partial charge in [0.25, 0.3) is 0 Å². The molecule has 0 aromatic carbocycles. The maximum atomic E-state index is 5.67. The van der Waals surface area contributed by atoms with Crippen molar-refractivity contribution in [3.05, 3.63) is 0 Å². The highest BCUT2D eigenvalue weighted by Gasteiger charge is 2.13. The molecule has 8 heteroatoms. The Labute approximate surface area is 252 Å². The Morgan fingerprint density at radius 1 is 0.415 bits per heavy atom. The molecule has 0 amide bonds. The van der Waals surface area contributed by atoms with Crippen molar-refractivity contribution < 1.29 is 37.9 Å². The number of hydrogen-bond acceptors (Lipinski definition) is 8. The molecular formula is C33H66O8. The molecule has 1 unspecified atom stereocenters. The Kier molecular flexibility index (Phi) is 32.3. The van der Waals surface area contributed by atoms with Crippen LogP contribution in [0.15, 0.2) is 0 Å². The SMILES string of the molecule is CCCCCCCCCCCCCCCCOCCOCCOCCOCCOCCOCCOC1CCCCO1. The van der Waals surface area contributed by atoms with Gasteiger partial charge in [-0.15, -0.1) is 0 Å². The van der Waals surface area contributed by atoms with Gasteiger partial charge in [0, 0.05) is 13.2 Å². The first-order chi connectivity index (χ1) is 20.4. The van der Waals surface area contributed by atoms with Gasteiger partial charge in [0.15, 0.2) is 6.29 Å². The second-order valence-corrected chi connectivity index (χ2v) is 10.9. The molecule has 1 saturated heterocycles. The summed E-state index contributed by atoms with van der Waals surface area (Å²) >= 11 is 0. The molecule has 41 heavy (non-hydrogen) atoms. The molecule has 0 saturated carbocycles. The maximum Gasteiger partial charge on any atom is 0.157 e. The summed E-state index contributed by atoms with van der Waals surface area (Å²) in [5.41, 5.74) is 0. The highest BCUT2D eigenvalue weighted by atomic mass is 16.7. The van der Waals surface area contributed by atoms with E-state index in [0.717, 1.165) is 32.5 Å². The molecule has 1 aliphatic rings. The zero-order valence-electron chi connectivity index (χ0n) is 26.8. The van der Waals surface area contributed by atoms with E-state index in [0.29, 0.717) is 79.3 Å². The lowest BCUT2D eigenvalue weighted by Gasteiger charge is -2.22. The van der Waals surface area contributed by atoms with Gasteiger partial charge >= 0.3 is 0 Å². The Morgan fingerprint density at radius 3 is 1.17 bits per heavy atom. The number of hydrogen-bond donors (Lipinski definition) is 0. The zero-order valence-corrected chi connectivity index (χ0v) is 26.8. The summed E-state index contributed by atoms with van der Waals surface area (Å²) in [7, 11) is 0. The van der Waals surface area contributed by atoms with E-state index in [9.17, 15) is 0 Å². The van der Waals surface area contributed by atoms with E-state index in [2.05, 4.69) is 6.92 Å². The molecule has 8 nitrogen and oxygen atoms in total. The molecule has 0 aromatic rings. The summed E-state index contributed by atoms with van der Waals surface area (Å²) in [6.07, 6.45) is 22.6. The molecule has 1 rings (SSSR count). The third-order valence-electron chi connectivity index (χ3n) is 7.17. The summed E-state index contributed by atoms with van der Waals surface area (Å²) in [4.78, 5) is 0. The minimum Gasteiger partial charge on any atom is -0.379 e. The lowest BCUT2D eigenvalue weighted by molar-refractivity contribution is -0.169. The predicted octanol–water partition coefficient (Wildman–Crippen LogP) is 7.11. The molecule has 1 aliphatic heterocycles. The van der Waals surface area contributed by atoms with Crippen LogP contribution in [0.5, 0.6) is 0 Å². The van der Waals surface area contributed by atoms with Crippen LogP contribution in [0, 0.1) is 0 Å². The van der Waals surface area contributed by atoms with Gasteiger partial charge in [-0.3, -0.25) is 0 Å². The monoisotopic (exact) mass is 590 g/mol. The summed E-state index contributed by atoms with van der Waals surface area (Å²) < 4.78 is 44.4. The summed E-state index contributed by atoms with van der Waals surface area (Å²) in [6, 6.07) is 0. The quantitative estimate of drug-likeness (QED) is 0.0734. The summed E-state index contributed by atoms with van der Waals surface area (Å²) in [5, 5.41) is 0. The van der Waals surface area contributed by atoms with Crippen molar-refractivity contribution in [1.82, 2.24) is 0 Å². The minimum absolute atomic E-state index is 0.0507. The Hall–Kier alpha value is -0.320. The van der Waals surface area contributed by atoms with Crippen LogP contribution in [0.1, 0.15) is 116 Å². The average molecular weight is 591 g/mol. The third kappa shape index (κ3) is 30.9. The number of rotatable bonds is 34. The van der Waals surface area contributed by atoms with E-state index in [1.54, 1.807) is 0 Å². The predicted molar refractivity (Wildman–Crippen MR) is 165 cm³/mol.